The lowest BCUT2D eigenvalue weighted by molar-refractivity contribution is 0.350. The smallest absolute Gasteiger partial charge is 0.240 e. The third-order valence-corrected chi connectivity index (χ3v) is 5.09. The Hall–Kier alpha value is -1.35. The number of aryl methyl sites for hydroxylation is 1. The molecule has 5 heteroatoms. The van der Waals surface area contributed by atoms with Crippen molar-refractivity contribution in [2.45, 2.75) is 38.1 Å². The first-order valence-electron chi connectivity index (χ1n) is 6.49. The van der Waals surface area contributed by atoms with Crippen LogP contribution in [0.5, 0.6) is 0 Å². The van der Waals surface area contributed by atoms with Crippen LogP contribution in [-0.4, -0.2) is 26.2 Å². The molecule has 1 fully saturated rings. The highest BCUT2D eigenvalue weighted by Crippen LogP contribution is 2.45. The Bertz CT molecular complexity index is 681. The molecule has 1 unspecified atom stereocenters. The van der Waals surface area contributed by atoms with E-state index < -0.39 is 10.0 Å². The monoisotopic (exact) mass is 293 g/mol. The van der Waals surface area contributed by atoms with E-state index in [2.05, 4.69) is 16.6 Å². The van der Waals surface area contributed by atoms with Gasteiger partial charge in [-0.3, -0.25) is 0 Å². The molecule has 1 aromatic carbocycles. The lowest BCUT2D eigenvalue weighted by Crippen LogP contribution is -2.28. The summed E-state index contributed by atoms with van der Waals surface area (Å²) in [5, 5.41) is 8.68. The maximum atomic E-state index is 12.3. The highest BCUT2D eigenvalue weighted by atomic mass is 32.2. The fourth-order valence-electron chi connectivity index (χ4n) is 2.00. The van der Waals surface area contributed by atoms with Gasteiger partial charge in [0.15, 0.2) is 0 Å². The average Bonchev–Trinajstić information content (AvgIpc) is 2.93. The number of aliphatic hydroxyl groups is 1. The van der Waals surface area contributed by atoms with Crippen molar-refractivity contribution in [3.05, 3.63) is 29.3 Å². The third kappa shape index (κ3) is 3.21. The van der Waals surface area contributed by atoms with Gasteiger partial charge in [-0.2, -0.15) is 0 Å². The van der Waals surface area contributed by atoms with Crippen LogP contribution in [0.15, 0.2) is 23.1 Å². The van der Waals surface area contributed by atoms with E-state index in [9.17, 15) is 8.42 Å². The molecule has 108 valence electrons. The fourth-order valence-corrected chi connectivity index (χ4v) is 3.49. The van der Waals surface area contributed by atoms with Gasteiger partial charge in [0.1, 0.15) is 6.61 Å². The molecule has 0 bridgehead atoms. The van der Waals surface area contributed by atoms with Crippen LogP contribution in [0, 0.1) is 24.2 Å². The number of sulfonamides is 1. The highest BCUT2D eigenvalue weighted by Gasteiger charge is 2.47. The molecule has 0 heterocycles. The standard InChI is InChI=1S/C15H19NO3S/c1-11-9-13(7-6-12(11)5-4-8-17)20(18,19)16-14-10-15(14,2)3/h6-7,9,14,16-17H,8,10H2,1-3H3. The van der Waals surface area contributed by atoms with Crippen molar-refractivity contribution >= 4 is 10.0 Å². The maximum Gasteiger partial charge on any atom is 0.240 e. The molecule has 1 saturated carbocycles. The van der Waals surface area contributed by atoms with Gasteiger partial charge >= 0.3 is 0 Å². The lowest BCUT2D eigenvalue weighted by atomic mass is 10.1. The number of rotatable bonds is 3. The van der Waals surface area contributed by atoms with Crippen molar-refractivity contribution < 1.29 is 13.5 Å². The molecular formula is C15H19NO3S. The third-order valence-electron chi connectivity index (χ3n) is 3.62. The van der Waals surface area contributed by atoms with E-state index in [1.807, 2.05) is 20.8 Å². The summed E-state index contributed by atoms with van der Waals surface area (Å²) in [5.41, 5.74) is 1.56. The molecule has 0 saturated heterocycles. The Morgan fingerprint density at radius 3 is 2.60 bits per heavy atom. The summed E-state index contributed by atoms with van der Waals surface area (Å²) in [5.74, 6) is 5.35. The summed E-state index contributed by atoms with van der Waals surface area (Å²) < 4.78 is 27.2. The predicted octanol–water partition coefficient (Wildman–Crippen LogP) is 1.42. The molecule has 0 spiro atoms. The van der Waals surface area contributed by atoms with E-state index in [-0.39, 0.29) is 23.0 Å². The van der Waals surface area contributed by atoms with Gasteiger partial charge in [0.25, 0.3) is 0 Å². The lowest BCUT2D eigenvalue weighted by Gasteiger charge is -2.09. The van der Waals surface area contributed by atoms with E-state index >= 15 is 0 Å². The van der Waals surface area contributed by atoms with E-state index in [1.54, 1.807) is 18.2 Å². The molecular weight excluding hydrogens is 274 g/mol. The number of hydrogen-bond acceptors (Lipinski definition) is 3. The Balaban J connectivity index is 2.23. The summed E-state index contributed by atoms with van der Waals surface area (Å²) >= 11 is 0. The molecule has 2 N–H and O–H groups in total. The molecule has 0 aliphatic heterocycles. The van der Waals surface area contributed by atoms with Crippen molar-refractivity contribution in [2.24, 2.45) is 5.41 Å². The SMILES string of the molecule is Cc1cc(S(=O)(=O)NC2CC2(C)C)ccc1C#CCO. The van der Waals surface area contributed by atoms with Crippen molar-refractivity contribution in [1.82, 2.24) is 4.72 Å². The molecule has 2 rings (SSSR count). The summed E-state index contributed by atoms with van der Waals surface area (Å²) in [6.07, 6.45) is 0.866. The zero-order valence-corrected chi connectivity index (χ0v) is 12.7. The van der Waals surface area contributed by atoms with Gasteiger partial charge in [-0.15, -0.1) is 0 Å². The first-order chi connectivity index (χ1) is 9.26. The first-order valence-corrected chi connectivity index (χ1v) is 7.97. The molecule has 1 atom stereocenters. The number of benzene rings is 1. The van der Waals surface area contributed by atoms with E-state index in [0.29, 0.717) is 0 Å². The topological polar surface area (TPSA) is 66.4 Å². The van der Waals surface area contributed by atoms with Crippen LogP contribution in [0.3, 0.4) is 0 Å². The second-order valence-corrected chi connectivity index (χ2v) is 7.52. The zero-order valence-electron chi connectivity index (χ0n) is 11.9. The highest BCUT2D eigenvalue weighted by molar-refractivity contribution is 7.89. The van der Waals surface area contributed by atoms with Crippen molar-refractivity contribution in [1.29, 1.82) is 0 Å². The molecule has 4 nitrogen and oxygen atoms in total. The molecule has 20 heavy (non-hydrogen) atoms. The van der Waals surface area contributed by atoms with Crippen molar-refractivity contribution in [3.8, 4) is 11.8 Å². The Morgan fingerprint density at radius 1 is 1.45 bits per heavy atom. The predicted molar refractivity (Wildman–Crippen MR) is 77.7 cm³/mol. The van der Waals surface area contributed by atoms with Gasteiger partial charge in [-0.1, -0.05) is 25.7 Å². The van der Waals surface area contributed by atoms with Crippen LogP contribution in [0.2, 0.25) is 0 Å². The number of hydrogen-bond donors (Lipinski definition) is 2. The summed E-state index contributed by atoms with van der Waals surface area (Å²) in [4.78, 5) is 0.257. The van der Waals surface area contributed by atoms with Crippen LogP contribution >= 0.6 is 0 Å². The van der Waals surface area contributed by atoms with Gasteiger partial charge in [0.2, 0.25) is 10.0 Å². The minimum absolute atomic E-state index is 0.0154. The van der Waals surface area contributed by atoms with Gasteiger partial charge in [0.05, 0.1) is 4.90 Å². The second kappa shape index (κ2) is 5.21. The van der Waals surface area contributed by atoms with Crippen LogP contribution in [0.1, 0.15) is 31.4 Å². The van der Waals surface area contributed by atoms with Gasteiger partial charge < -0.3 is 5.11 Å². The molecule has 0 radical (unpaired) electrons. The van der Waals surface area contributed by atoms with Gasteiger partial charge in [-0.05, 0) is 42.5 Å². The number of aliphatic hydroxyl groups excluding tert-OH is 1. The molecule has 0 aromatic heterocycles. The van der Waals surface area contributed by atoms with Crippen molar-refractivity contribution in [2.75, 3.05) is 6.61 Å². The molecule has 1 aliphatic rings. The van der Waals surface area contributed by atoms with E-state index in [1.165, 1.54) is 0 Å². The average molecular weight is 293 g/mol. The van der Waals surface area contributed by atoms with Crippen LogP contribution in [-0.2, 0) is 10.0 Å². The van der Waals surface area contributed by atoms with E-state index in [0.717, 1.165) is 17.5 Å². The second-order valence-electron chi connectivity index (χ2n) is 5.80. The fraction of sp³-hybridized carbons (Fsp3) is 0.467. The first kappa shape index (κ1) is 15.0. The normalized spacial score (nSPS) is 20.1. The van der Waals surface area contributed by atoms with Crippen molar-refractivity contribution in [3.63, 3.8) is 0 Å². The minimum atomic E-state index is -3.48. The van der Waals surface area contributed by atoms with Crippen LogP contribution in [0.4, 0.5) is 0 Å². The Morgan fingerprint density at radius 2 is 2.10 bits per heavy atom. The maximum absolute atomic E-state index is 12.3. The molecule has 0 amide bonds. The zero-order chi connectivity index (χ0) is 15.0. The largest absolute Gasteiger partial charge is 0.384 e. The van der Waals surface area contributed by atoms with Gasteiger partial charge in [-0.25, -0.2) is 13.1 Å². The van der Waals surface area contributed by atoms with E-state index in [4.69, 9.17) is 5.11 Å². The van der Waals surface area contributed by atoms with Crippen LogP contribution < -0.4 is 4.72 Å². The Labute approximate surface area is 120 Å². The quantitative estimate of drug-likeness (QED) is 0.828. The molecule has 1 aromatic rings. The van der Waals surface area contributed by atoms with Gasteiger partial charge in [0, 0.05) is 11.6 Å². The summed E-state index contributed by atoms with van der Waals surface area (Å²) in [6, 6.07) is 4.84. The van der Waals surface area contributed by atoms with Crippen LogP contribution in [0.25, 0.3) is 0 Å². The summed E-state index contributed by atoms with van der Waals surface area (Å²) in [7, 11) is -3.48. The summed E-state index contributed by atoms with van der Waals surface area (Å²) in [6.45, 7) is 5.68. The minimum Gasteiger partial charge on any atom is -0.384 e. The Kier molecular flexibility index (Phi) is 3.92. The number of nitrogens with one attached hydrogen (secondary N) is 1. The molecule has 1 aliphatic carbocycles.